The molecule has 3 rings (SSSR count). The number of rotatable bonds is 4. The zero-order valence-corrected chi connectivity index (χ0v) is 15.4. The van der Waals surface area contributed by atoms with Crippen LogP contribution in [0.5, 0.6) is 0 Å². The lowest BCUT2D eigenvalue weighted by Gasteiger charge is -2.25. The highest BCUT2D eigenvalue weighted by molar-refractivity contribution is 14.0. The standard InChI is InChI=1S/C20H20N2.HI/c1-16(21)17-12-14-20(15-13-17)22(18-8-4-2-5-9-18)19-10-6-3-7-11-19;/h2-16H,21H2,1H3;1H. The SMILES string of the molecule is CC(N)c1ccc(N(c2ccccc2)c2ccccc2)cc1.I. The Hall–Kier alpha value is -1.85. The second-order valence-corrected chi connectivity index (χ2v) is 5.39. The molecule has 0 amide bonds. The number of halogens is 1. The van der Waals surface area contributed by atoms with Gasteiger partial charge in [-0.25, -0.2) is 0 Å². The summed E-state index contributed by atoms with van der Waals surface area (Å²) in [5, 5.41) is 0. The van der Waals surface area contributed by atoms with Crippen LogP contribution in [0.1, 0.15) is 18.5 Å². The third-order valence-corrected chi connectivity index (χ3v) is 3.71. The molecule has 0 aliphatic heterocycles. The van der Waals surface area contributed by atoms with Crippen LogP contribution in [0.3, 0.4) is 0 Å². The summed E-state index contributed by atoms with van der Waals surface area (Å²) in [7, 11) is 0. The first kappa shape index (κ1) is 17.5. The molecule has 118 valence electrons. The Morgan fingerprint density at radius 1 is 0.652 bits per heavy atom. The molecule has 23 heavy (non-hydrogen) atoms. The summed E-state index contributed by atoms with van der Waals surface area (Å²) in [4.78, 5) is 2.24. The molecule has 0 radical (unpaired) electrons. The number of hydrogen-bond acceptors (Lipinski definition) is 2. The number of nitrogens with zero attached hydrogens (tertiary/aromatic N) is 1. The van der Waals surface area contributed by atoms with Gasteiger partial charge in [-0.3, -0.25) is 0 Å². The van der Waals surface area contributed by atoms with E-state index < -0.39 is 0 Å². The normalized spacial score (nSPS) is 11.4. The first-order valence-corrected chi connectivity index (χ1v) is 7.51. The minimum Gasteiger partial charge on any atom is -0.324 e. The molecule has 2 nitrogen and oxygen atoms in total. The molecule has 0 saturated carbocycles. The predicted molar refractivity (Wildman–Crippen MR) is 109 cm³/mol. The quantitative estimate of drug-likeness (QED) is 0.546. The van der Waals surface area contributed by atoms with E-state index >= 15 is 0 Å². The Balaban J connectivity index is 0.00000192. The molecule has 3 aromatic rings. The zero-order chi connectivity index (χ0) is 15.4. The van der Waals surface area contributed by atoms with Gasteiger partial charge in [0, 0.05) is 23.1 Å². The molecule has 0 heterocycles. The first-order chi connectivity index (χ1) is 10.8. The minimum absolute atomic E-state index is 0. The third-order valence-electron chi connectivity index (χ3n) is 3.71. The molecule has 0 aliphatic carbocycles. The number of nitrogens with two attached hydrogens (primary N) is 1. The van der Waals surface area contributed by atoms with Crippen LogP contribution in [0.4, 0.5) is 17.1 Å². The molecule has 0 aromatic heterocycles. The van der Waals surface area contributed by atoms with E-state index in [0.717, 1.165) is 22.6 Å². The van der Waals surface area contributed by atoms with Gasteiger partial charge in [-0.2, -0.15) is 0 Å². The molecule has 1 unspecified atom stereocenters. The second-order valence-electron chi connectivity index (χ2n) is 5.39. The van der Waals surface area contributed by atoms with E-state index in [-0.39, 0.29) is 30.0 Å². The van der Waals surface area contributed by atoms with Crippen LogP contribution in [-0.2, 0) is 0 Å². The van der Waals surface area contributed by atoms with E-state index in [4.69, 9.17) is 5.73 Å². The van der Waals surface area contributed by atoms with Crippen LogP contribution in [0.2, 0.25) is 0 Å². The number of anilines is 3. The van der Waals surface area contributed by atoms with E-state index in [1.807, 2.05) is 19.1 Å². The van der Waals surface area contributed by atoms with Gasteiger partial charge in [0.1, 0.15) is 0 Å². The average Bonchev–Trinajstić information content (AvgIpc) is 2.57. The molecule has 0 aliphatic rings. The van der Waals surface area contributed by atoms with Gasteiger partial charge >= 0.3 is 0 Å². The lowest BCUT2D eigenvalue weighted by Crippen LogP contribution is -2.10. The summed E-state index contributed by atoms with van der Waals surface area (Å²) in [6, 6.07) is 29.3. The highest BCUT2D eigenvalue weighted by atomic mass is 127. The molecule has 3 aromatic carbocycles. The molecular formula is C20H21IN2. The van der Waals surface area contributed by atoms with Crippen molar-refractivity contribution in [2.45, 2.75) is 13.0 Å². The van der Waals surface area contributed by atoms with E-state index in [1.165, 1.54) is 0 Å². The summed E-state index contributed by atoms with van der Waals surface area (Å²) in [5.74, 6) is 0. The van der Waals surface area contributed by atoms with Crippen molar-refractivity contribution in [2.75, 3.05) is 4.90 Å². The molecule has 1 atom stereocenters. The summed E-state index contributed by atoms with van der Waals surface area (Å²) >= 11 is 0. The summed E-state index contributed by atoms with van der Waals surface area (Å²) in [6.07, 6.45) is 0. The van der Waals surface area contributed by atoms with Crippen LogP contribution in [0, 0.1) is 0 Å². The van der Waals surface area contributed by atoms with Gasteiger partial charge in [-0.1, -0.05) is 48.5 Å². The van der Waals surface area contributed by atoms with Gasteiger partial charge in [-0.05, 0) is 48.9 Å². The number of para-hydroxylation sites is 2. The Morgan fingerprint density at radius 2 is 1.04 bits per heavy atom. The predicted octanol–water partition coefficient (Wildman–Crippen LogP) is 5.79. The number of benzene rings is 3. The van der Waals surface area contributed by atoms with E-state index in [0.29, 0.717) is 0 Å². The largest absolute Gasteiger partial charge is 0.324 e. The highest BCUT2D eigenvalue weighted by Gasteiger charge is 2.11. The molecule has 0 bridgehead atoms. The lowest BCUT2D eigenvalue weighted by atomic mass is 10.1. The molecule has 3 heteroatoms. The van der Waals surface area contributed by atoms with Gasteiger partial charge in [-0.15, -0.1) is 24.0 Å². The molecular weight excluding hydrogens is 395 g/mol. The second kappa shape index (κ2) is 8.13. The Labute approximate surface area is 155 Å². The molecule has 0 saturated heterocycles. The number of hydrogen-bond donors (Lipinski definition) is 1. The van der Waals surface area contributed by atoms with Crippen molar-refractivity contribution in [2.24, 2.45) is 5.73 Å². The fraction of sp³-hybridized carbons (Fsp3) is 0.100. The van der Waals surface area contributed by atoms with Gasteiger partial charge < -0.3 is 10.6 Å². The summed E-state index contributed by atoms with van der Waals surface area (Å²) in [5.41, 5.74) is 10.5. The average molecular weight is 416 g/mol. The van der Waals surface area contributed by atoms with Crippen molar-refractivity contribution in [1.29, 1.82) is 0 Å². The van der Waals surface area contributed by atoms with Crippen LogP contribution >= 0.6 is 24.0 Å². The Kier molecular flexibility index (Phi) is 6.19. The lowest BCUT2D eigenvalue weighted by molar-refractivity contribution is 0.818. The molecule has 0 spiro atoms. The summed E-state index contributed by atoms with van der Waals surface area (Å²) < 4.78 is 0. The van der Waals surface area contributed by atoms with Gasteiger partial charge in [0.15, 0.2) is 0 Å². The maximum atomic E-state index is 5.95. The maximum absolute atomic E-state index is 5.95. The van der Waals surface area contributed by atoms with Gasteiger partial charge in [0.05, 0.1) is 0 Å². The van der Waals surface area contributed by atoms with Crippen molar-refractivity contribution in [3.63, 3.8) is 0 Å². The van der Waals surface area contributed by atoms with Crippen LogP contribution in [0.15, 0.2) is 84.9 Å². The first-order valence-electron chi connectivity index (χ1n) is 7.51. The monoisotopic (exact) mass is 416 g/mol. The summed E-state index contributed by atoms with van der Waals surface area (Å²) in [6.45, 7) is 2.00. The van der Waals surface area contributed by atoms with Gasteiger partial charge in [0.2, 0.25) is 0 Å². The highest BCUT2D eigenvalue weighted by Crippen LogP contribution is 2.34. The van der Waals surface area contributed by atoms with Crippen molar-refractivity contribution in [3.8, 4) is 0 Å². The minimum atomic E-state index is 0. The zero-order valence-electron chi connectivity index (χ0n) is 13.1. The topological polar surface area (TPSA) is 29.3 Å². The molecule has 2 N–H and O–H groups in total. The van der Waals surface area contributed by atoms with Crippen LogP contribution < -0.4 is 10.6 Å². The molecule has 0 fully saturated rings. The maximum Gasteiger partial charge on any atom is 0.0461 e. The smallest absolute Gasteiger partial charge is 0.0461 e. The van der Waals surface area contributed by atoms with E-state index in [1.54, 1.807) is 0 Å². The fourth-order valence-corrected chi connectivity index (χ4v) is 2.53. The fourth-order valence-electron chi connectivity index (χ4n) is 2.53. The van der Waals surface area contributed by atoms with Crippen molar-refractivity contribution in [1.82, 2.24) is 0 Å². The Morgan fingerprint density at radius 3 is 1.43 bits per heavy atom. The van der Waals surface area contributed by atoms with E-state index in [9.17, 15) is 0 Å². The van der Waals surface area contributed by atoms with Crippen LogP contribution in [-0.4, -0.2) is 0 Å². The Bertz CT molecular complexity index is 670. The third kappa shape index (κ3) is 4.12. The van der Waals surface area contributed by atoms with E-state index in [2.05, 4.69) is 77.7 Å². The van der Waals surface area contributed by atoms with Crippen molar-refractivity contribution >= 4 is 41.0 Å². The van der Waals surface area contributed by atoms with Crippen molar-refractivity contribution < 1.29 is 0 Å². The van der Waals surface area contributed by atoms with Crippen molar-refractivity contribution in [3.05, 3.63) is 90.5 Å². The van der Waals surface area contributed by atoms with Gasteiger partial charge in [0.25, 0.3) is 0 Å². The van der Waals surface area contributed by atoms with Crippen LogP contribution in [0.25, 0.3) is 0 Å².